The SMILES string of the molecule is CC(C)(CCC(O)CCC(O)CCC(C)(C)C(=O)OOc1ccccc1)C(=O)OCc1ccccc1. The zero-order valence-corrected chi connectivity index (χ0v) is 21.8. The van der Waals surface area contributed by atoms with Gasteiger partial charge in [-0.1, -0.05) is 48.5 Å². The summed E-state index contributed by atoms with van der Waals surface area (Å²) in [6.45, 7) is 7.32. The van der Waals surface area contributed by atoms with Crippen molar-refractivity contribution < 1.29 is 34.3 Å². The molecule has 2 aromatic carbocycles. The Morgan fingerprint density at radius 3 is 1.72 bits per heavy atom. The molecule has 0 saturated carbocycles. The Labute approximate surface area is 214 Å². The van der Waals surface area contributed by atoms with Crippen LogP contribution in [0.5, 0.6) is 5.75 Å². The van der Waals surface area contributed by atoms with Gasteiger partial charge >= 0.3 is 11.9 Å². The molecule has 36 heavy (non-hydrogen) atoms. The summed E-state index contributed by atoms with van der Waals surface area (Å²) in [7, 11) is 0. The van der Waals surface area contributed by atoms with E-state index in [1.165, 1.54) is 0 Å². The van der Waals surface area contributed by atoms with Crippen molar-refractivity contribution in [2.75, 3.05) is 0 Å². The highest BCUT2D eigenvalue weighted by atomic mass is 17.2. The lowest BCUT2D eigenvalue weighted by atomic mass is 9.85. The van der Waals surface area contributed by atoms with Crippen LogP contribution in [0.4, 0.5) is 0 Å². The van der Waals surface area contributed by atoms with Crippen molar-refractivity contribution in [3.8, 4) is 5.75 Å². The summed E-state index contributed by atoms with van der Waals surface area (Å²) in [6.07, 6.45) is 1.18. The quantitative estimate of drug-likeness (QED) is 0.192. The molecular formula is C29H40O7. The van der Waals surface area contributed by atoms with Crippen LogP contribution in [0.15, 0.2) is 60.7 Å². The lowest BCUT2D eigenvalue weighted by Crippen LogP contribution is -2.29. The predicted molar refractivity (Wildman–Crippen MR) is 137 cm³/mol. The molecule has 2 atom stereocenters. The van der Waals surface area contributed by atoms with Gasteiger partial charge in [0.2, 0.25) is 0 Å². The van der Waals surface area contributed by atoms with Gasteiger partial charge in [-0.2, -0.15) is 0 Å². The Kier molecular flexibility index (Phi) is 11.4. The number of hydrogen-bond donors (Lipinski definition) is 2. The van der Waals surface area contributed by atoms with Crippen molar-refractivity contribution in [1.29, 1.82) is 0 Å². The summed E-state index contributed by atoms with van der Waals surface area (Å²) in [6, 6.07) is 18.3. The van der Waals surface area contributed by atoms with Crippen LogP contribution in [0.1, 0.15) is 71.8 Å². The van der Waals surface area contributed by atoms with Crippen molar-refractivity contribution in [2.45, 2.75) is 85.0 Å². The van der Waals surface area contributed by atoms with E-state index in [0.29, 0.717) is 44.3 Å². The summed E-state index contributed by atoms with van der Waals surface area (Å²) >= 11 is 0. The third-order valence-electron chi connectivity index (χ3n) is 6.31. The van der Waals surface area contributed by atoms with Crippen LogP contribution in [-0.2, 0) is 25.8 Å². The molecule has 0 spiro atoms. The molecule has 0 fully saturated rings. The van der Waals surface area contributed by atoms with Crippen molar-refractivity contribution in [1.82, 2.24) is 0 Å². The molecule has 0 aliphatic rings. The Balaban J connectivity index is 1.65. The highest BCUT2D eigenvalue weighted by molar-refractivity contribution is 5.76. The molecule has 0 saturated heterocycles. The third-order valence-corrected chi connectivity index (χ3v) is 6.31. The van der Waals surface area contributed by atoms with Gasteiger partial charge < -0.3 is 14.9 Å². The number of para-hydroxylation sites is 1. The Bertz CT molecular complexity index is 848. The molecule has 2 unspecified atom stereocenters. The molecule has 0 bridgehead atoms. The first kappa shape index (κ1) is 29.3. The fourth-order valence-corrected chi connectivity index (χ4v) is 3.53. The van der Waals surface area contributed by atoms with E-state index in [1.807, 2.05) is 50.2 Å². The average Bonchev–Trinajstić information content (AvgIpc) is 2.87. The number of esters is 1. The molecule has 198 valence electrons. The number of carbonyl (C=O) groups excluding carboxylic acids is 2. The van der Waals surface area contributed by atoms with Gasteiger partial charge in [-0.05, 0) is 83.9 Å². The van der Waals surface area contributed by atoms with Gasteiger partial charge in [0.05, 0.1) is 23.0 Å². The second kappa shape index (κ2) is 14.0. The first-order chi connectivity index (χ1) is 17.0. The maximum atomic E-state index is 12.5. The second-order valence-electron chi connectivity index (χ2n) is 10.6. The van der Waals surface area contributed by atoms with E-state index in [4.69, 9.17) is 14.5 Å². The highest BCUT2D eigenvalue weighted by Crippen LogP contribution is 2.28. The molecular weight excluding hydrogens is 460 g/mol. The van der Waals surface area contributed by atoms with Crippen LogP contribution in [0.25, 0.3) is 0 Å². The van der Waals surface area contributed by atoms with Crippen LogP contribution in [0, 0.1) is 10.8 Å². The lowest BCUT2D eigenvalue weighted by Gasteiger charge is -2.25. The number of aliphatic hydroxyl groups is 2. The molecule has 0 amide bonds. The van der Waals surface area contributed by atoms with E-state index >= 15 is 0 Å². The van der Waals surface area contributed by atoms with Crippen LogP contribution in [-0.4, -0.2) is 34.4 Å². The summed E-state index contributed by atoms with van der Waals surface area (Å²) in [5.74, 6) is -0.382. The maximum Gasteiger partial charge on any atom is 0.360 e. The molecule has 2 N–H and O–H groups in total. The fraction of sp³-hybridized carbons (Fsp3) is 0.517. The molecule has 0 radical (unpaired) electrons. The van der Waals surface area contributed by atoms with Gasteiger partial charge in [-0.15, -0.1) is 0 Å². The first-order valence-corrected chi connectivity index (χ1v) is 12.5. The van der Waals surface area contributed by atoms with Crippen molar-refractivity contribution >= 4 is 11.9 Å². The molecule has 0 aliphatic heterocycles. The standard InChI is InChI=1S/C29H40O7/c1-28(2,26(32)34-21-22-11-7-5-8-12-22)19-17-23(30)15-16-24(31)18-20-29(3,4)27(33)36-35-25-13-9-6-10-14-25/h5-14,23-24,30-31H,15-21H2,1-4H3. The number of carbonyl (C=O) groups is 2. The molecule has 0 aliphatic carbocycles. The zero-order valence-electron chi connectivity index (χ0n) is 21.8. The van der Waals surface area contributed by atoms with Gasteiger partial charge in [0.15, 0.2) is 5.75 Å². The van der Waals surface area contributed by atoms with Crippen LogP contribution < -0.4 is 4.89 Å². The topological polar surface area (TPSA) is 102 Å². The number of benzene rings is 2. The number of ether oxygens (including phenoxy) is 1. The molecule has 2 rings (SSSR count). The lowest BCUT2D eigenvalue weighted by molar-refractivity contribution is -0.224. The summed E-state index contributed by atoms with van der Waals surface area (Å²) in [4.78, 5) is 34.9. The monoisotopic (exact) mass is 500 g/mol. The van der Waals surface area contributed by atoms with E-state index in [9.17, 15) is 19.8 Å². The molecule has 2 aromatic rings. The second-order valence-corrected chi connectivity index (χ2v) is 10.6. The van der Waals surface area contributed by atoms with Gasteiger partial charge in [0.25, 0.3) is 0 Å². The third kappa shape index (κ3) is 10.4. The van der Waals surface area contributed by atoms with E-state index in [-0.39, 0.29) is 12.6 Å². The van der Waals surface area contributed by atoms with Crippen LogP contribution >= 0.6 is 0 Å². The van der Waals surface area contributed by atoms with Crippen LogP contribution in [0.3, 0.4) is 0 Å². The molecule has 7 nitrogen and oxygen atoms in total. The number of hydrogen-bond acceptors (Lipinski definition) is 7. The fourth-order valence-electron chi connectivity index (χ4n) is 3.53. The minimum atomic E-state index is -0.835. The van der Waals surface area contributed by atoms with Gasteiger partial charge in [-0.3, -0.25) is 9.68 Å². The maximum absolute atomic E-state index is 12.5. The minimum absolute atomic E-state index is 0.222. The van der Waals surface area contributed by atoms with E-state index < -0.39 is 29.0 Å². The number of rotatable bonds is 15. The zero-order chi connectivity index (χ0) is 26.6. The highest BCUT2D eigenvalue weighted by Gasteiger charge is 2.32. The van der Waals surface area contributed by atoms with E-state index in [1.54, 1.807) is 38.1 Å². The average molecular weight is 501 g/mol. The predicted octanol–water partition coefficient (Wildman–Crippen LogP) is 5.38. The summed E-state index contributed by atoms with van der Waals surface area (Å²) in [5, 5.41) is 20.8. The number of aliphatic hydroxyl groups excluding tert-OH is 2. The summed E-state index contributed by atoms with van der Waals surface area (Å²) < 4.78 is 5.44. The Morgan fingerprint density at radius 2 is 1.19 bits per heavy atom. The van der Waals surface area contributed by atoms with Crippen molar-refractivity contribution in [3.05, 3.63) is 66.2 Å². The smallest absolute Gasteiger partial charge is 0.360 e. The minimum Gasteiger partial charge on any atom is -0.460 e. The van der Waals surface area contributed by atoms with Crippen molar-refractivity contribution in [3.63, 3.8) is 0 Å². The Hall–Kier alpha value is -2.90. The largest absolute Gasteiger partial charge is 0.460 e. The van der Waals surface area contributed by atoms with E-state index in [2.05, 4.69) is 0 Å². The van der Waals surface area contributed by atoms with Gasteiger partial charge in [-0.25, -0.2) is 9.68 Å². The summed E-state index contributed by atoms with van der Waals surface area (Å²) in [5.41, 5.74) is -0.630. The normalized spacial score (nSPS) is 13.5. The van der Waals surface area contributed by atoms with Crippen LogP contribution in [0.2, 0.25) is 0 Å². The molecule has 7 heteroatoms. The Morgan fingerprint density at radius 1 is 0.722 bits per heavy atom. The molecule has 0 aromatic heterocycles. The molecule has 0 heterocycles. The first-order valence-electron chi connectivity index (χ1n) is 12.5. The van der Waals surface area contributed by atoms with Gasteiger partial charge in [0, 0.05) is 0 Å². The van der Waals surface area contributed by atoms with Gasteiger partial charge in [0.1, 0.15) is 6.61 Å². The van der Waals surface area contributed by atoms with Crippen molar-refractivity contribution in [2.24, 2.45) is 10.8 Å². The van der Waals surface area contributed by atoms with E-state index in [0.717, 1.165) is 5.56 Å².